The lowest BCUT2D eigenvalue weighted by Gasteiger charge is -2.23. The second kappa shape index (κ2) is 8.25. The number of hydrogen-bond acceptors (Lipinski definition) is 5. The molecule has 2 aliphatic rings. The molecule has 0 saturated carbocycles. The Kier molecular flexibility index (Phi) is 5.26. The quantitative estimate of drug-likeness (QED) is 0.598. The summed E-state index contributed by atoms with van der Waals surface area (Å²) in [5.41, 5.74) is 0.684. The van der Waals surface area contributed by atoms with Gasteiger partial charge in [-0.1, -0.05) is 17.7 Å². The largest absolute Gasteiger partial charge is 0.491 e. The second-order valence-electron chi connectivity index (χ2n) is 7.87. The smallest absolute Gasteiger partial charge is 0.415 e. The zero-order chi connectivity index (χ0) is 23.1. The third kappa shape index (κ3) is 3.91. The number of ether oxygens (including phenoxy) is 1. The maximum absolute atomic E-state index is 13.1. The fourth-order valence-electron chi connectivity index (χ4n) is 4.02. The standard InChI is InChI=1S/C23H19ClN4O5/c24-14-6-7-16-18(11-14)25-19-17(20(16)29)12-28(26-21(19)30)22(31)13-4-3-5-15(10-13)33-23(32)27-8-1-2-9-27/h3-7,10-11H,1-2,8-9,12H2,(H,25,29)(H,26,30). The van der Waals surface area contributed by atoms with Gasteiger partial charge in [0, 0.05) is 29.1 Å². The number of nitrogens with one attached hydrogen (secondary N) is 1. The number of aliphatic hydroxyl groups is 1. The number of fused-ring (bicyclic) bond motifs is 2. The van der Waals surface area contributed by atoms with Crippen LogP contribution in [-0.2, 0) is 6.54 Å². The zero-order valence-corrected chi connectivity index (χ0v) is 18.1. The van der Waals surface area contributed by atoms with Crippen molar-refractivity contribution in [2.45, 2.75) is 19.4 Å². The number of amides is 2. The van der Waals surface area contributed by atoms with Crippen LogP contribution >= 0.6 is 11.6 Å². The second-order valence-corrected chi connectivity index (χ2v) is 8.31. The van der Waals surface area contributed by atoms with Gasteiger partial charge in [0.15, 0.2) is 5.43 Å². The highest BCUT2D eigenvalue weighted by Gasteiger charge is 2.28. The predicted molar refractivity (Wildman–Crippen MR) is 122 cm³/mol. The first-order valence-electron chi connectivity index (χ1n) is 10.4. The summed E-state index contributed by atoms with van der Waals surface area (Å²) in [4.78, 5) is 42.9. The van der Waals surface area contributed by atoms with E-state index in [1.807, 2.05) is 0 Å². The van der Waals surface area contributed by atoms with Crippen molar-refractivity contribution >= 4 is 40.4 Å². The van der Waals surface area contributed by atoms with Crippen LogP contribution in [0.15, 0.2) is 52.4 Å². The summed E-state index contributed by atoms with van der Waals surface area (Å²) < 4.78 is 5.40. The zero-order valence-electron chi connectivity index (χ0n) is 17.4. The molecule has 0 radical (unpaired) electrons. The number of aliphatic hydroxyl groups excluding tert-OH is 1. The Morgan fingerprint density at radius 2 is 1.91 bits per heavy atom. The summed E-state index contributed by atoms with van der Waals surface area (Å²) in [6, 6.07) is 10.9. The number of likely N-dealkylation sites (tertiary alicyclic amines) is 1. The van der Waals surface area contributed by atoms with E-state index in [4.69, 9.17) is 16.3 Å². The van der Waals surface area contributed by atoms with Gasteiger partial charge >= 0.3 is 6.09 Å². The van der Waals surface area contributed by atoms with Gasteiger partial charge in [0.25, 0.3) is 11.8 Å². The topological polar surface area (TPSA) is 115 Å². The Morgan fingerprint density at radius 3 is 2.70 bits per heavy atom. The summed E-state index contributed by atoms with van der Waals surface area (Å²) in [5, 5.41) is 16.2. The maximum Gasteiger partial charge on any atom is 0.415 e. The van der Waals surface area contributed by atoms with Gasteiger partial charge in [0.1, 0.15) is 11.4 Å². The minimum atomic E-state index is -0.554. The molecular formula is C23H19ClN4O5. The number of hydrazone groups is 1. The molecule has 9 nitrogen and oxygen atoms in total. The van der Waals surface area contributed by atoms with Gasteiger partial charge in [-0.15, -0.1) is 5.10 Å². The van der Waals surface area contributed by atoms with E-state index in [0.717, 1.165) is 17.9 Å². The Morgan fingerprint density at radius 1 is 1.12 bits per heavy atom. The molecule has 2 aromatic carbocycles. The van der Waals surface area contributed by atoms with E-state index in [1.165, 1.54) is 6.07 Å². The van der Waals surface area contributed by atoms with Gasteiger partial charge in [-0.05, 0) is 49.2 Å². The fourth-order valence-corrected chi connectivity index (χ4v) is 4.19. The monoisotopic (exact) mass is 466 g/mol. The number of H-pyrrole nitrogens is 1. The Hall–Kier alpha value is -3.85. The summed E-state index contributed by atoms with van der Waals surface area (Å²) in [7, 11) is 0. The molecule has 2 amide bonds. The lowest BCUT2D eigenvalue weighted by atomic mass is 10.1. The number of aromatic nitrogens is 1. The Labute approximate surface area is 192 Å². The molecule has 0 unspecified atom stereocenters. The molecule has 0 spiro atoms. The van der Waals surface area contributed by atoms with Crippen LogP contribution in [0.3, 0.4) is 0 Å². The van der Waals surface area contributed by atoms with Crippen LogP contribution in [0.4, 0.5) is 4.79 Å². The molecule has 1 aromatic heterocycles. The van der Waals surface area contributed by atoms with E-state index < -0.39 is 17.9 Å². The third-order valence-electron chi connectivity index (χ3n) is 5.69. The van der Waals surface area contributed by atoms with Crippen LogP contribution < -0.4 is 10.2 Å². The summed E-state index contributed by atoms with van der Waals surface area (Å²) in [5.74, 6) is -0.814. The van der Waals surface area contributed by atoms with Crippen LogP contribution in [-0.4, -0.2) is 51.0 Å². The van der Waals surface area contributed by atoms with Gasteiger partial charge in [-0.25, -0.2) is 9.80 Å². The number of aromatic amines is 1. The number of benzene rings is 2. The minimum Gasteiger partial charge on any atom is -0.491 e. The average Bonchev–Trinajstić information content (AvgIpc) is 3.34. The molecule has 5 rings (SSSR count). The van der Waals surface area contributed by atoms with Gasteiger partial charge in [0.2, 0.25) is 0 Å². The molecule has 1 fully saturated rings. The first-order chi connectivity index (χ1) is 15.9. The number of halogens is 1. The average molecular weight is 467 g/mol. The number of carbonyl (C=O) groups excluding carboxylic acids is 2. The number of pyridine rings is 1. The highest BCUT2D eigenvalue weighted by molar-refractivity contribution is 6.31. The molecule has 2 N–H and O–H groups in total. The van der Waals surface area contributed by atoms with Crippen molar-refractivity contribution in [2.75, 3.05) is 13.1 Å². The van der Waals surface area contributed by atoms with Gasteiger partial charge in [0.05, 0.1) is 17.6 Å². The molecule has 168 valence electrons. The van der Waals surface area contributed by atoms with Crippen molar-refractivity contribution in [2.24, 2.45) is 5.10 Å². The molecule has 3 heterocycles. The van der Waals surface area contributed by atoms with Crippen LogP contribution in [0.2, 0.25) is 5.02 Å². The van der Waals surface area contributed by atoms with Crippen LogP contribution in [0.25, 0.3) is 10.9 Å². The summed E-state index contributed by atoms with van der Waals surface area (Å²) in [6.45, 7) is 1.16. The molecule has 2 aliphatic heterocycles. The van der Waals surface area contributed by atoms with E-state index in [-0.39, 0.29) is 34.5 Å². The van der Waals surface area contributed by atoms with E-state index in [1.54, 1.807) is 41.3 Å². The van der Waals surface area contributed by atoms with E-state index in [2.05, 4.69) is 10.1 Å². The third-order valence-corrected chi connectivity index (χ3v) is 5.93. The molecule has 10 heteroatoms. The van der Waals surface area contributed by atoms with Crippen molar-refractivity contribution < 1.29 is 19.4 Å². The number of nitrogens with zero attached hydrogens (tertiary/aromatic N) is 3. The van der Waals surface area contributed by atoms with Gasteiger partial charge in [-0.3, -0.25) is 9.59 Å². The normalized spacial score (nSPS) is 15.4. The van der Waals surface area contributed by atoms with Crippen LogP contribution in [0.5, 0.6) is 5.75 Å². The van der Waals surface area contributed by atoms with Crippen molar-refractivity contribution in [1.82, 2.24) is 14.9 Å². The van der Waals surface area contributed by atoms with E-state index in [9.17, 15) is 19.5 Å². The molecule has 0 bridgehead atoms. The Balaban J connectivity index is 1.42. The minimum absolute atomic E-state index is 0.135. The number of rotatable bonds is 2. The van der Waals surface area contributed by atoms with Crippen LogP contribution in [0.1, 0.15) is 34.5 Å². The first-order valence-corrected chi connectivity index (χ1v) is 10.8. The summed E-state index contributed by atoms with van der Waals surface area (Å²) >= 11 is 6.00. The van der Waals surface area contributed by atoms with E-state index >= 15 is 0 Å². The van der Waals surface area contributed by atoms with Crippen molar-refractivity contribution in [3.63, 3.8) is 0 Å². The van der Waals surface area contributed by atoms with Crippen LogP contribution in [0, 0.1) is 0 Å². The molecule has 3 aromatic rings. The maximum atomic E-state index is 13.1. The SMILES string of the molecule is O=C(Oc1cccc(C(=O)N2Cc3c([nH]c4cc(Cl)ccc4c3=O)C(O)=N2)c1)N1CCCC1. The first kappa shape index (κ1) is 21.0. The predicted octanol–water partition coefficient (Wildman–Crippen LogP) is 3.65. The summed E-state index contributed by atoms with van der Waals surface area (Å²) in [6.07, 6.45) is 1.42. The number of hydrogen-bond donors (Lipinski definition) is 2. The number of carbonyl (C=O) groups is 2. The molecule has 33 heavy (non-hydrogen) atoms. The molecule has 0 aliphatic carbocycles. The molecular weight excluding hydrogens is 448 g/mol. The highest BCUT2D eigenvalue weighted by atomic mass is 35.5. The van der Waals surface area contributed by atoms with Gasteiger partial charge < -0.3 is 19.7 Å². The van der Waals surface area contributed by atoms with Crippen molar-refractivity contribution in [1.29, 1.82) is 0 Å². The Bertz CT molecular complexity index is 1380. The lowest BCUT2D eigenvalue weighted by molar-refractivity contribution is 0.0738. The van der Waals surface area contributed by atoms with E-state index in [0.29, 0.717) is 29.0 Å². The lowest BCUT2D eigenvalue weighted by Crippen LogP contribution is -2.35. The molecule has 1 saturated heterocycles. The highest BCUT2D eigenvalue weighted by Crippen LogP contribution is 2.23. The fraction of sp³-hybridized carbons (Fsp3) is 0.217. The van der Waals surface area contributed by atoms with Crippen molar-refractivity contribution in [3.8, 4) is 5.75 Å². The molecule has 0 atom stereocenters. The van der Waals surface area contributed by atoms with Crippen molar-refractivity contribution in [3.05, 3.63) is 74.5 Å². The van der Waals surface area contributed by atoms with Gasteiger partial charge in [-0.2, -0.15) is 0 Å².